The van der Waals surface area contributed by atoms with Gasteiger partial charge in [0.25, 0.3) is 7.98 Å². The monoisotopic (exact) mass is 172 g/mol. The van der Waals surface area contributed by atoms with Crippen LogP contribution in [0.3, 0.4) is 0 Å². The van der Waals surface area contributed by atoms with E-state index in [0.29, 0.717) is 5.84 Å². The number of benzene rings is 1. The number of nitrogens with one attached hydrogen (secondary N) is 1. The lowest BCUT2D eigenvalue weighted by molar-refractivity contribution is 0.895. The van der Waals surface area contributed by atoms with Gasteiger partial charge in [0, 0.05) is 12.6 Å². The molecule has 0 heterocycles. The summed E-state index contributed by atoms with van der Waals surface area (Å²) in [4.78, 5) is 0. The first-order chi connectivity index (χ1) is 6.38. The number of nitrogens with zero attached hydrogens (tertiary/aromatic N) is 3. The predicted molar refractivity (Wildman–Crippen MR) is 52.6 cm³/mol. The molecule has 0 aromatic heterocycles. The van der Waals surface area contributed by atoms with E-state index in [1.165, 1.54) is 0 Å². The molecule has 1 aromatic carbocycles. The largest absolute Gasteiger partial charge is 0.311 e. The van der Waals surface area contributed by atoms with Crippen LogP contribution in [0.2, 0.25) is 0 Å². The lowest BCUT2D eigenvalue weighted by atomic mass is 10.2. The Morgan fingerprint density at radius 1 is 1.31 bits per heavy atom. The minimum atomic E-state index is 0.464. The zero-order chi connectivity index (χ0) is 9.52. The third-order valence-electron chi connectivity index (χ3n) is 1.40. The Morgan fingerprint density at radius 3 is 2.54 bits per heavy atom. The summed E-state index contributed by atoms with van der Waals surface area (Å²) < 4.78 is 0. The molecule has 1 rings (SSSR count). The van der Waals surface area contributed by atoms with Crippen molar-refractivity contribution in [3.05, 3.63) is 35.9 Å². The van der Waals surface area contributed by atoms with Crippen molar-refractivity contribution in [1.29, 1.82) is 0 Å². The van der Waals surface area contributed by atoms with Crippen LogP contribution in [0, 0.1) is 0 Å². The SMILES string of the molecule is [B]N=N/C(=N\NC)c1ccccc1. The van der Waals surface area contributed by atoms with Gasteiger partial charge < -0.3 is 5.43 Å². The lowest BCUT2D eigenvalue weighted by Gasteiger charge is -1.98. The summed E-state index contributed by atoms with van der Waals surface area (Å²) in [6.45, 7) is 0. The van der Waals surface area contributed by atoms with Crippen LogP contribution >= 0.6 is 0 Å². The second-order valence-corrected chi connectivity index (χ2v) is 2.24. The maximum absolute atomic E-state index is 4.95. The van der Waals surface area contributed by atoms with Gasteiger partial charge in [-0.2, -0.15) is 5.10 Å². The first-order valence-electron chi connectivity index (χ1n) is 3.79. The van der Waals surface area contributed by atoms with Crippen LogP contribution in [-0.2, 0) is 0 Å². The van der Waals surface area contributed by atoms with Crippen molar-refractivity contribution in [3.63, 3.8) is 0 Å². The third kappa shape index (κ3) is 2.70. The average molecular weight is 172 g/mol. The standard InChI is InChI=1S/C8H9BN4/c1-10-11-8(12-13-9)7-5-3-2-4-6-7/h2-6,10H,1H3/b11-8-,13-12?. The molecule has 0 atom stereocenters. The molecular weight excluding hydrogens is 163 g/mol. The number of rotatable bonds is 2. The molecule has 0 bridgehead atoms. The number of hydrogen-bond donors (Lipinski definition) is 1. The van der Waals surface area contributed by atoms with Crippen LogP contribution in [0.15, 0.2) is 45.6 Å². The molecule has 0 spiro atoms. The average Bonchev–Trinajstić information content (AvgIpc) is 2.19. The van der Waals surface area contributed by atoms with Gasteiger partial charge in [-0.15, -0.1) is 5.11 Å². The number of amidine groups is 1. The molecule has 64 valence electrons. The highest BCUT2D eigenvalue weighted by molar-refractivity contribution is 6.07. The summed E-state index contributed by atoms with van der Waals surface area (Å²) in [7, 11) is 6.64. The van der Waals surface area contributed by atoms with Crippen LogP contribution in [-0.4, -0.2) is 20.9 Å². The molecule has 0 fully saturated rings. The minimum absolute atomic E-state index is 0.464. The summed E-state index contributed by atoms with van der Waals surface area (Å²) in [6.07, 6.45) is 0. The molecule has 0 aliphatic rings. The molecule has 0 saturated carbocycles. The Bertz CT molecular complexity index is 307. The lowest BCUT2D eigenvalue weighted by Crippen LogP contribution is -2.04. The molecule has 5 heteroatoms. The van der Waals surface area contributed by atoms with Crippen molar-refractivity contribution in [2.24, 2.45) is 15.2 Å². The second-order valence-electron chi connectivity index (χ2n) is 2.24. The molecule has 0 unspecified atom stereocenters. The van der Waals surface area contributed by atoms with Crippen LogP contribution < -0.4 is 5.43 Å². The van der Waals surface area contributed by atoms with Crippen molar-refractivity contribution in [1.82, 2.24) is 5.43 Å². The number of hydrazone groups is 1. The molecule has 0 amide bonds. The predicted octanol–water partition coefficient (Wildman–Crippen LogP) is 1.10. The molecule has 13 heavy (non-hydrogen) atoms. The molecule has 1 aromatic rings. The Balaban J connectivity index is 2.96. The fourth-order valence-electron chi connectivity index (χ4n) is 0.892. The molecule has 2 radical (unpaired) electrons. The van der Waals surface area contributed by atoms with E-state index in [1.807, 2.05) is 30.3 Å². The van der Waals surface area contributed by atoms with Crippen LogP contribution in [0.5, 0.6) is 0 Å². The van der Waals surface area contributed by atoms with Gasteiger partial charge in [0.15, 0.2) is 5.84 Å². The van der Waals surface area contributed by atoms with Gasteiger partial charge >= 0.3 is 0 Å². The topological polar surface area (TPSA) is 49.1 Å². The molecule has 0 saturated heterocycles. The van der Waals surface area contributed by atoms with Crippen molar-refractivity contribution in [2.75, 3.05) is 7.05 Å². The highest BCUT2D eigenvalue weighted by Crippen LogP contribution is 2.01. The summed E-state index contributed by atoms with van der Waals surface area (Å²) in [5.41, 5.74) is 3.50. The minimum Gasteiger partial charge on any atom is -0.311 e. The van der Waals surface area contributed by atoms with Gasteiger partial charge in [-0.05, 0) is 0 Å². The summed E-state index contributed by atoms with van der Waals surface area (Å²) >= 11 is 0. The number of hydrogen-bond acceptors (Lipinski definition) is 3. The van der Waals surface area contributed by atoms with Gasteiger partial charge in [-0.25, -0.2) is 0 Å². The quantitative estimate of drug-likeness (QED) is 0.234. The van der Waals surface area contributed by atoms with Crippen molar-refractivity contribution >= 4 is 13.8 Å². The first-order valence-corrected chi connectivity index (χ1v) is 3.79. The van der Waals surface area contributed by atoms with E-state index in [9.17, 15) is 0 Å². The second kappa shape index (κ2) is 5.08. The molecule has 0 aliphatic carbocycles. The van der Waals surface area contributed by atoms with E-state index in [-0.39, 0.29) is 0 Å². The van der Waals surface area contributed by atoms with Crippen molar-refractivity contribution in [3.8, 4) is 0 Å². The molecule has 0 aliphatic heterocycles. The van der Waals surface area contributed by atoms with E-state index < -0.39 is 0 Å². The fraction of sp³-hybridized carbons (Fsp3) is 0.125. The Kier molecular flexibility index (Phi) is 3.69. The highest BCUT2D eigenvalue weighted by atomic mass is 15.3. The Hall–Kier alpha value is -1.65. The summed E-state index contributed by atoms with van der Waals surface area (Å²) in [5.74, 6) is 0.464. The van der Waals surface area contributed by atoms with E-state index in [2.05, 4.69) is 20.7 Å². The van der Waals surface area contributed by atoms with Crippen LogP contribution in [0.25, 0.3) is 0 Å². The van der Waals surface area contributed by atoms with E-state index in [1.54, 1.807) is 7.05 Å². The first kappa shape index (κ1) is 9.44. The molecular formula is C8H9BN4. The van der Waals surface area contributed by atoms with E-state index >= 15 is 0 Å². The normalized spacial score (nSPS) is 11.9. The molecule has 1 N–H and O–H groups in total. The van der Waals surface area contributed by atoms with E-state index in [0.717, 1.165) is 5.56 Å². The zero-order valence-electron chi connectivity index (χ0n) is 7.31. The van der Waals surface area contributed by atoms with Crippen LogP contribution in [0.1, 0.15) is 5.56 Å². The maximum atomic E-state index is 4.95. The van der Waals surface area contributed by atoms with Gasteiger partial charge in [0.1, 0.15) is 0 Å². The van der Waals surface area contributed by atoms with Crippen LogP contribution in [0.4, 0.5) is 0 Å². The highest BCUT2D eigenvalue weighted by Gasteiger charge is 1.98. The van der Waals surface area contributed by atoms with E-state index in [4.69, 9.17) is 7.98 Å². The third-order valence-corrected chi connectivity index (χ3v) is 1.40. The van der Waals surface area contributed by atoms with Gasteiger partial charge in [-0.1, -0.05) is 30.3 Å². The smallest absolute Gasteiger partial charge is 0.293 e. The van der Waals surface area contributed by atoms with Crippen molar-refractivity contribution < 1.29 is 0 Å². The molecule has 4 nitrogen and oxygen atoms in total. The van der Waals surface area contributed by atoms with Gasteiger partial charge in [0.05, 0.1) is 0 Å². The van der Waals surface area contributed by atoms with Crippen molar-refractivity contribution in [2.45, 2.75) is 0 Å². The summed E-state index contributed by atoms with van der Waals surface area (Å²) in [6, 6.07) is 9.47. The zero-order valence-corrected chi connectivity index (χ0v) is 7.31. The van der Waals surface area contributed by atoms with Gasteiger partial charge in [0.2, 0.25) is 0 Å². The maximum Gasteiger partial charge on any atom is 0.293 e. The summed E-state index contributed by atoms with van der Waals surface area (Å²) in [5, 5.41) is 10.8. The van der Waals surface area contributed by atoms with Gasteiger partial charge in [-0.3, -0.25) is 5.03 Å². The fourth-order valence-corrected chi connectivity index (χ4v) is 0.892. The Labute approximate surface area is 78.2 Å². The Morgan fingerprint density at radius 2 is 2.00 bits per heavy atom.